The molecule has 1 heterocycles. The van der Waals surface area contributed by atoms with Crippen LogP contribution in [-0.4, -0.2) is 30.9 Å². The van der Waals surface area contributed by atoms with Crippen LogP contribution in [0.15, 0.2) is 15.9 Å². The van der Waals surface area contributed by atoms with E-state index in [4.69, 9.17) is 0 Å². The molecule has 90 valence electrons. The molecule has 0 aromatic carbocycles. The second-order valence-corrected chi connectivity index (χ2v) is 6.48. The minimum Gasteiger partial charge on any atom is -0.347 e. The number of likely N-dealkylation sites (N-methyl/N-ethyl adjacent to an activating group) is 1. The van der Waals surface area contributed by atoms with Crippen molar-refractivity contribution in [1.82, 2.24) is 10.2 Å². The van der Waals surface area contributed by atoms with Gasteiger partial charge in [-0.05, 0) is 41.9 Å². The Labute approximate surface area is 109 Å². The van der Waals surface area contributed by atoms with Gasteiger partial charge < -0.3 is 4.90 Å². The molecule has 0 saturated heterocycles. The lowest BCUT2D eigenvalue weighted by molar-refractivity contribution is -0.130. The van der Waals surface area contributed by atoms with Crippen LogP contribution in [0.1, 0.15) is 24.8 Å². The van der Waals surface area contributed by atoms with Crippen molar-refractivity contribution in [3.8, 4) is 0 Å². The van der Waals surface area contributed by atoms with Crippen LogP contribution in [0.25, 0.3) is 0 Å². The van der Waals surface area contributed by atoms with Crippen LogP contribution < -0.4 is 5.32 Å². The van der Waals surface area contributed by atoms with E-state index >= 15 is 0 Å². The van der Waals surface area contributed by atoms with Gasteiger partial charge in [0.25, 0.3) is 0 Å². The van der Waals surface area contributed by atoms with E-state index in [0.29, 0.717) is 0 Å². The first-order valence-electron chi connectivity index (χ1n) is 5.14. The maximum absolute atomic E-state index is 11.7. The Hall–Kier alpha value is -0.390. The van der Waals surface area contributed by atoms with Gasteiger partial charge in [-0.15, -0.1) is 11.3 Å². The van der Waals surface area contributed by atoms with Crippen LogP contribution in [0.5, 0.6) is 0 Å². The summed E-state index contributed by atoms with van der Waals surface area (Å²) in [6.07, 6.45) is 0. The molecule has 0 radical (unpaired) electrons. The molecule has 0 spiro atoms. The number of halogens is 1. The molecule has 5 heteroatoms. The zero-order chi connectivity index (χ0) is 12.3. The molecule has 0 aliphatic carbocycles. The Kier molecular flexibility index (Phi) is 4.95. The molecular formula is C11H17BrN2OS. The molecule has 0 fully saturated rings. The minimum atomic E-state index is -0.161. The molecule has 1 aromatic heterocycles. The molecule has 0 bridgehead atoms. The van der Waals surface area contributed by atoms with Crippen molar-refractivity contribution in [1.29, 1.82) is 0 Å². The van der Waals surface area contributed by atoms with Gasteiger partial charge in [-0.3, -0.25) is 10.1 Å². The Morgan fingerprint density at radius 2 is 2.06 bits per heavy atom. The highest BCUT2D eigenvalue weighted by Gasteiger charge is 2.18. The molecule has 16 heavy (non-hydrogen) atoms. The van der Waals surface area contributed by atoms with E-state index in [1.54, 1.807) is 30.3 Å². The SMILES string of the molecule is CC(NC(C)c1ccc(Br)s1)C(=O)N(C)C. The number of nitrogens with one attached hydrogen (secondary N) is 1. The van der Waals surface area contributed by atoms with Crippen molar-refractivity contribution >= 4 is 33.2 Å². The third kappa shape index (κ3) is 3.57. The highest BCUT2D eigenvalue weighted by atomic mass is 79.9. The van der Waals surface area contributed by atoms with E-state index in [1.807, 2.05) is 13.0 Å². The summed E-state index contributed by atoms with van der Waals surface area (Å²) in [5, 5.41) is 3.29. The predicted molar refractivity (Wildman–Crippen MR) is 71.7 cm³/mol. The second kappa shape index (κ2) is 5.80. The van der Waals surface area contributed by atoms with Gasteiger partial charge in [0.05, 0.1) is 9.83 Å². The number of hydrogen-bond donors (Lipinski definition) is 1. The largest absolute Gasteiger partial charge is 0.347 e. The van der Waals surface area contributed by atoms with Crippen LogP contribution in [-0.2, 0) is 4.79 Å². The highest BCUT2D eigenvalue weighted by Crippen LogP contribution is 2.27. The molecular weight excluding hydrogens is 288 g/mol. The first kappa shape index (κ1) is 13.7. The number of carbonyl (C=O) groups is 1. The zero-order valence-electron chi connectivity index (χ0n) is 9.95. The monoisotopic (exact) mass is 304 g/mol. The maximum atomic E-state index is 11.7. The number of carbonyl (C=O) groups excluding carboxylic acids is 1. The fourth-order valence-corrected chi connectivity index (χ4v) is 2.91. The lowest BCUT2D eigenvalue weighted by Crippen LogP contribution is -2.42. The van der Waals surface area contributed by atoms with Gasteiger partial charge in [-0.2, -0.15) is 0 Å². The van der Waals surface area contributed by atoms with Crippen molar-refractivity contribution < 1.29 is 4.79 Å². The van der Waals surface area contributed by atoms with Crippen molar-refractivity contribution in [3.63, 3.8) is 0 Å². The minimum absolute atomic E-state index is 0.0995. The highest BCUT2D eigenvalue weighted by molar-refractivity contribution is 9.11. The lowest BCUT2D eigenvalue weighted by atomic mass is 10.2. The van der Waals surface area contributed by atoms with Crippen molar-refractivity contribution in [2.75, 3.05) is 14.1 Å². The molecule has 1 aromatic rings. The topological polar surface area (TPSA) is 32.3 Å². The van der Waals surface area contributed by atoms with E-state index in [-0.39, 0.29) is 18.0 Å². The standard InChI is InChI=1S/C11H17BrN2OS/c1-7(9-5-6-10(12)16-9)13-8(2)11(15)14(3)4/h5-8,13H,1-4H3. The van der Waals surface area contributed by atoms with Crippen molar-refractivity contribution in [2.45, 2.75) is 25.9 Å². The number of hydrogen-bond acceptors (Lipinski definition) is 3. The van der Waals surface area contributed by atoms with Crippen LogP contribution >= 0.6 is 27.3 Å². The smallest absolute Gasteiger partial charge is 0.238 e. The molecule has 1 N–H and O–H groups in total. The number of thiophene rings is 1. The summed E-state index contributed by atoms with van der Waals surface area (Å²) in [7, 11) is 3.54. The Balaban J connectivity index is 2.58. The summed E-state index contributed by atoms with van der Waals surface area (Å²) in [6, 6.07) is 4.12. The first-order chi connectivity index (χ1) is 7.41. The number of amides is 1. The summed E-state index contributed by atoms with van der Waals surface area (Å²) >= 11 is 5.12. The summed E-state index contributed by atoms with van der Waals surface area (Å²) in [5.74, 6) is 0.0995. The third-order valence-corrected chi connectivity index (χ3v) is 4.14. The fourth-order valence-electron chi connectivity index (χ4n) is 1.48. The molecule has 2 unspecified atom stereocenters. The van der Waals surface area contributed by atoms with Gasteiger partial charge in [-0.1, -0.05) is 0 Å². The Bertz CT molecular complexity index is 365. The molecule has 0 aliphatic heterocycles. The van der Waals surface area contributed by atoms with E-state index in [1.165, 1.54) is 4.88 Å². The van der Waals surface area contributed by atoms with E-state index < -0.39 is 0 Å². The second-order valence-electron chi connectivity index (χ2n) is 3.98. The van der Waals surface area contributed by atoms with Gasteiger partial charge >= 0.3 is 0 Å². The quantitative estimate of drug-likeness (QED) is 0.927. The molecule has 1 amide bonds. The van der Waals surface area contributed by atoms with Crippen LogP contribution in [0, 0.1) is 0 Å². The van der Waals surface area contributed by atoms with Gasteiger partial charge in [0, 0.05) is 25.0 Å². The van der Waals surface area contributed by atoms with Crippen LogP contribution in [0.2, 0.25) is 0 Å². The van der Waals surface area contributed by atoms with Gasteiger partial charge in [0.2, 0.25) is 5.91 Å². The van der Waals surface area contributed by atoms with Crippen LogP contribution in [0.4, 0.5) is 0 Å². The fraction of sp³-hybridized carbons (Fsp3) is 0.545. The summed E-state index contributed by atoms with van der Waals surface area (Å²) in [5.41, 5.74) is 0. The Morgan fingerprint density at radius 3 is 2.50 bits per heavy atom. The van der Waals surface area contributed by atoms with Gasteiger partial charge in [0.1, 0.15) is 0 Å². The molecule has 0 aliphatic rings. The van der Waals surface area contributed by atoms with Crippen molar-refractivity contribution in [3.05, 3.63) is 20.8 Å². The molecule has 1 rings (SSSR count). The van der Waals surface area contributed by atoms with Gasteiger partial charge in [-0.25, -0.2) is 0 Å². The van der Waals surface area contributed by atoms with Crippen LogP contribution in [0.3, 0.4) is 0 Å². The molecule has 0 saturated carbocycles. The van der Waals surface area contributed by atoms with Gasteiger partial charge in [0.15, 0.2) is 0 Å². The average Bonchev–Trinajstić information content (AvgIpc) is 2.63. The predicted octanol–water partition coefficient (Wildman–Crippen LogP) is 2.64. The summed E-state index contributed by atoms with van der Waals surface area (Å²) < 4.78 is 1.11. The number of nitrogens with zero attached hydrogens (tertiary/aromatic N) is 1. The number of rotatable bonds is 4. The van der Waals surface area contributed by atoms with E-state index in [9.17, 15) is 4.79 Å². The third-order valence-electron chi connectivity index (χ3n) is 2.33. The van der Waals surface area contributed by atoms with Crippen molar-refractivity contribution in [2.24, 2.45) is 0 Å². The lowest BCUT2D eigenvalue weighted by Gasteiger charge is -2.21. The van der Waals surface area contributed by atoms with E-state index in [0.717, 1.165) is 3.79 Å². The summed E-state index contributed by atoms with van der Waals surface area (Å²) in [6.45, 7) is 3.96. The normalized spacial score (nSPS) is 14.6. The Morgan fingerprint density at radius 1 is 1.44 bits per heavy atom. The molecule has 2 atom stereocenters. The van der Waals surface area contributed by atoms with E-state index in [2.05, 4.69) is 34.2 Å². The average molecular weight is 305 g/mol. The zero-order valence-corrected chi connectivity index (χ0v) is 12.4. The first-order valence-corrected chi connectivity index (χ1v) is 6.75. The summed E-state index contributed by atoms with van der Waals surface area (Å²) in [4.78, 5) is 14.5. The molecule has 3 nitrogen and oxygen atoms in total. The maximum Gasteiger partial charge on any atom is 0.238 e.